The fourth-order valence-corrected chi connectivity index (χ4v) is 4.80. The van der Waals surface area contributed by atoms with E-state index in [9.17, 15) is 13.5 Å². The predicted molar refractivity (Wildman–Crippen MR) is 98.7 cm³/mol. The monoisotopic (exact) mass is 391 g/mol. The van der Waals surface area contributed by atoms with E-state index in [2.05, 4.69) is 18.8 Å². The van der Waals surface area contributed by atoms with Gasteiger partial charge in [-0.15, -0.1) is 0 Å². The summed E-state index contributed by atoms with van der Waals surface area (Å²) in [6, 6.07) is 4.40. The summed E-state index contributed by atoms with van der Waals surface area (Å²) in [7, 11) is -3.97. The van der Waals surface area contributed by atoms with Crippen LogP contribution in [0.25, 0.3) is 0 Å². The quantitative estimate of drug-likeness (QED) is 0.802. The molecule has 1 aliphatic rings. The fraction of sp³-hybridized carbons (Fsp3) is 0.533. The summed E-state index contributed by atoms with van der Waals surface area (Å²) >= 11 is 7.38. The second-order valence-corrected chi connectivity index (χ2v) is 8.94. The van der Waals surface area contributed by atoms with Gasteiger partial charge in [-0.05, 0) is 25.0 Å². The van der Waals surface area contributed by atoms with Gasteiger partial charge < -0.3 is 10.0 Å². The van der Waals surface area contributed by atoms with Crippen LogP contribution in [0, 0.1) is 5.92 Å². The molecule has 0 bridgehead atoms. The summed E-state index contributed by atoms with van der Waals surface area (Å²) in [5.74, 6) is 0.763. The van der Waals surface area contributed by atoms with Crippen LogP contribution in [-0.4, -0.2) is 42.4 Å². The van der Waals surface area contributed by atoms with Crippen LogP contribution in [0.1, 0.15) is 26.3 Å². The molecule has 0 radical (unpaired) electrons. The van der Waals surface area contributed by atoms with Crippen molar-refractivity contribution in [2.45, 2.75) is 31.4 Å². The smallest absolute Gasteiger partial charge is 0.239 e. The van der Waals surface area contributed by atoms with Gasteiger partial charge in [-0.2, -0.15) is 0 Å². The lowest BCUT2D eigenvalue weighted by atomic mass is 10.0. The Kier molecular flexibility index (Phi) is 5.87. The average Bonchev–Trinajstić information content (AvgIpc) is 2.81. The number of primary sulfonamides is 1. The molecule has 0 saturated carbocycles. The number of benzene rings is 1. The number of nitrogens with zero attached hydrogens (tertiary/aromatic N) is 2. The minimum absolute atomic E-state index is 0.0345. The van der Waals surface area contributed by atoms with Crippen molar-refractivity contribution in [2.75, 3.05) is 18.8 Å². The van der Waals surface area contributed by atoms with Gasteiger partial charge in [0.2, 0.25) is 10.0 Å². The number of hydrogen-bond donors (Lipinski definition) is 2. The van der Waals surface area contributed by atoms with Crippen LogP contribution in [0.5, 0.6) is 0 Å². The van der Waals surface area contributed by atoms with Crippen molar-refractivity contribution >= 4 is 38.6 Å². The van der Waals surface area contributed by atoms with Gasteiger partial charge in [-0.1, -0.05) is 43.3 Å². The van der Waals surface area contributed by atoms with Gasteiger partial charge in [-0.25, -0.2) is 13.6 Å². The molecule has 1 fully saturated rings. The fourth-order valence-electron chi connectivity index (χ4n) is 2.48. The Labute approximate surface area is 152 Å². The first-order chi connectivity index (χ1) is 11.1. The third-order valence-corrected chi connectivity index (χ3v) is 6.23. The van der Waals surface area contributed by atoms with Gasteiger partial charge in [0, 0.05) is 18.7 Å². The van der Waals surface area contributed by atoms with Crippen molar-refractivity contribution in [3.63, 3.8) is 0 Å². The summed E-state index contributed by atoms with van der Waals surface area (Å²) in [4.78, 5) is 6.14. The average molecular weight is 392 g/mol. The number of hydrogen-bond acceptors (Lipinski definition) is 5. The summed E-state index contributed by atoms with van der Waals surface area (Å²) in [6.45, 7) is 7.26. The van der Waals surface area contributed by atoms with Gasteiger partial charge in [0.05, 0.1) is 10.8 Å². The molecule has 1 aromatic carbocycles. The lowest BCUT2D eigenvalue weighted by Crippen LogP contribution is -2.45. The molecule has 6 nitrogen and oxygen atoms in total. The van der Waals surface area contributed by atoms with Crippen LogP contribution < -0.4 is 5.14 Å². The molecule has 1 atom stereocenters. The number of amidine groups is 1. The predicted octanol–water partition coefficient (Wildman–Crippen LogP) is 2.21. The van der Waals surface area contributed by atoms with E-state index in [-0.39, 0.29) is 9.92 Å². The van der Waals surface area contributed by atoms with Crippen LogP contribution in [0.15, 0.2) is 28.1 Å². The van der Waals surface area contributed by atoms with Crippen LogP contribution in [0.4, 0.5) is 0 Å². The number of aliphatic imine (C=N–C) groups is 1. The highest BCUT2D eigenvalue weighted by Gasteiger charge is 2.44. The maximum absolute atomic E-state index is 11.7. The number of nitrogens with two attached hydrogens (primary N) is 1. The summed E-state index contributed by atoms with van der Waals surface area (Å²) < 4.78 is 23.4. The van der Waals surface area contributed by atoms with Crippen molar-refractivity contribution in [3.05, 3.63) is 28.8 Å². The number of thioether (sulfide) groups is 1. The van der Waals surface area contributed by atoms with E-state index in [0.717, 1.165) is 5.17 Å². The van der Waals surface area contributed by atoms with E-state index in [1.54, 1.807) is 11.0 Å². The molecular weight excluding hydrogens is 370 g/mol. The van der Waals surface area contributed by atoms with E-state index in [1.165, 1.54) is 23.9 Å². The molecule has 1 unspecified atom stereocenters. The zero-order chi connectivity index (χ0) is 18.1. The van der Waals surface area contributed by atoms with Crippen LogP contribution >= 0.6 is 23.4 Å². The van der Waals surface area contributed by atoms with Gasteiger partial charge >= 0.3 is 0 Å². The van der Waals surface area contributed by atoms with Crippen molar-refractivity contribution in [1.82, 2.24) is 4.90 Å². The maximum atomic E-state index is 11.7. The third-order valence-electron chi connectivity index (χ3n) is 3.69. The summed E-state index contributed by atoms with van der Waals surface area (Å²) in [6.07, 6.45) is 0. The van der Waals surface area contributed by atoms with E-state index >= 15 is 0 Å². The topological polar surface area (TPSA) is 96.0 Å². The van der Waals surface area contributed by atoms with E-state index in [1.807, 2.05) is 6.92 Å². The van der Waals surface area contributed by atoms with Gasteiger partial charge in [0.15, 0.2) is 10.9 Å². The molecule has 0 spiro atoms. The lowest BCUT2D eigenvalue weighted by molar-refractivity contribution is -0.0455. The minimum Gasteiger partial charge on any atom is -0.366 e. The zero-order valence-corrected chi connectivity index (χ0v) is 16.2. The highest BCUT2D eigenvalue weighted by molar-refractivity contribution is 8.14. The first-order valence-corrected chi connectivity index (χ1v) is 10.5. The Bertz CT molecular complexity index is 752. The molecule has 24 heavy (non-hydrogen) atoms. The minimum atomic E-state index is -3.97. The zero-order valence-electron chi connectivity index (χ0n) is 13.9. The van der Waals surface area contributed by atoms with Crippen LogP contribution in [0.3, 0.4) is 0 Å². The number of halogens is 1. The molecule has 0 aliphatic carbocycles. The Balaban J connectivity index is 2.46. The number of rotatable bonds is 5. The van der Waals surface area contributed by atoms with Crippen molar-refractivity contribution in [3.8, 4) is 0 Å². The van der Waals surface area contributed by atoms with Crippen molar-refractivity contribution < 1.29 is 13.5 Å². The molecule has 2 rings (SSSR count). The second-order valence-electron chi connectivity index (χ2n) is 6.06. The van der Waals surface area contributed by atoms with E-state index in [4.69, 9.17) is 16.7 Å². The molecule has 0 aromatic heterocycles. The maximum Gasteiger partial charge on any atom is 0.239 e. The van der Waals surface area contributed by atoms with Crippen molar-refractivity contribution in [2.24, 2.45) is 16.0 Å². The number of sulfonamides is 1. The molecule has 3 N–H and O–H groups in total. The van der Waals surface area contributed by atoms with Gasteiger partial charge in [0.25, 0.3) is 0 Å². The van der Waals surface area contributed by atoms with E-state index in [0.29, 0.717) is 30.3 Å². The standard InChI is InChI=1S/C15H22ClN3O3S2/c1-4-19-14(18-8-10(2)3)23-9-15(19,20)11-5-6-12(16)13(7-11)24(17,21)22/h5-7,10,20H,4,8-9H2,1-3H3,(H2,17,21,22). The Morgan fingerprint density at radius 2 is 2.17 bits per heavy atom. The Morgan fingerprint density at radius 3 is 2.71 bits per heavy atom. The summed E-state index contributed by atoms with van der Waals surface area (Å²) in [5, 5.41) is 17.2. The number of aliphatic hydroxyl groups is 1. The highest BCUT2D eigenvalue weighted by Crippen LogP contribution is 2.40. The lowest BCUT2D eigenvalue weighted by Gasteiger charge is -2.34. The third kappa shape index (κ3) is 3.88. The van der Waals surface area contributed by atoms with E-state index < -0.39 is 15.7 Å². The normalized spacial score (nSPS) is 23.5. The largest absolute Gasteiger partial charge is 0.366 e. The molecule has 0 amide bonds. The SMILES string of the molecule is CCN1C(=NCC(C)C)SCC1(O)c1ccc(Cl)c(S(N)(=O)=O)c1. The summed E-state index contributed by atoms with van der Waals surface area (Å²) in [5.41, 5.74) is -0.917. The van der Waals surface area contributed by atoms with Gasteiger partial charge in [-0.3, -0.25) is 4.99 Å². The first kappa shape index (κ1) is 19.5. The Hall–Kier alpha value is -0.800. The second kappa shape index (κ2) is 7.21. The highest BCUT2D eigenvalue weighted by atomic mass is 35.5. The molecule has 1 heterocycles. The van der Waals surface area contributed by atoms with Crippen LogP contribution in [0.2, 0.25) is 5.02 Å². The molecule has 9 heteroatoms. The Morgan fingerprint density at radius 1 is 1.50 bits per heavy atom. The molecular formula is C15H22ClN3O3S2. The molecule has 1 saturated heterocycles. The molecule has 134 valence electrons. The van der Waals surface area contributed by atoms with Gasteiger partial charge in [0.1, 0.15) is 4.90 Å². The van der Waals surface area contributed by atoms with Crippen LogP contribution in [-0.2, 0) is 15.7 Å². The van der Waals surface area contributed by atoms with Crippen molar-refractivity contribution in [1.29, 1.82) is 0 Å². The first-order valence-electron chi connectivity index (χ1n) is 7.59. The molecule has 1 aliphatic heterocycles. The molecule has 1 aromatic rings.